The van der Waals surface area contributed by atoms with Crippen molar-refractivity contribution in [3.63, 3.8) is 0 Å². The second kappa shape index (κ2) is 11.5. The molecule has 4 aromatic rings. The predicted octanol–water partition coefficient (Wildman–Crippen LogP) is 6.91. The highest BCUT2D eigenvalue weighted by Gasteiger charge is 2.47. The molecule has 1 saturated heterocycles. The summed E-state index contributed by atoms with van der Waals surface area (Å²) in [5.74, 6) is -0.386. The number of hydrogen-bond donors (Lipinski definition) is 1. The van der Waals surface area contributed by atoms with Crippen molar-refractivity contribution < 1.29 is 24.2 Å². The molecule has 0 aromatic heterocycles. The lowest BCUT2D eigenvalue weighted by Gasteiger charge is -2.27. The summed E-state index contributed by atoms with van der Waals surface area (Å²) in [4.78, 5) is 28.5. The van der Waals surface area contributed by atoms with E-state index in [9.17, 15) is 14.7 Å². The zero-order chi connectivity index (χ0) is 28.2. The molecule has 1 atom stereocenters. The van der Waals surface area contributed by atoms with E-state index >= 15 is 0 Å². The zero-order valence-corrected chi connectivity index (χ0v) is 22.8. The first-order valence-electron chi connectivity index (χ1n) is 13.3. The molecule has 202 valence electrons. The number of rotatable bonds is 8. The first kappa shape index (κ1) is 26.8. The van der Waals surface area contributed by atoms with E-state index in [0.29, 0.717) is 41.5 Å². The molecule has 1 fully saturated rings. The quantitative estimate of drug-likeness (QED) is 0.151. The standard InChI is InChI=1S/C34H31NO5/c1-4-39-27-15-10-14-25(20-27)31-30(33(37)34(38)35(31)28-16-9-8-11-22(28)2)32(36)26-17-18-29(23(3)19-26)40-21-24-12-6-5-7-13-24/h5-20,31,36H,4,21H2,1-3H3/b32-30+. The number of aliphatic hydroxyl groups excluding tert-OH is 1. The number of nitrogens with zero attached hydrogens (tertiary/aromatic N) is 1. The number of carbonyl (C=O) groups is 2. The van der Waals surface area contributed by atoms with Crippen LogP contribution in [0.25, 0.3) is 5.76 Å². The molecule has 0 spiro atoms. The van der Waals surface area contributed by atoms with Gasteiger partial charge in [-0.2, -0.15) is 0 Å². The van der Waals surface area contributed by atoms with E-state index in [1.54, 1.807) is 18.2 Å². The number of ether oxygens (including phenoxy) is 2. The van der Waals surface area contributed by atoms with Crippen LogP contribution in [0.15, 0.2) is 103 Å². The van der Waals surface area contributed by atoms with E-state index in [-0.39, 0.29) is 11.3 Å². The molecule has 6 nitrogen and oxygen atoms in total. The summed E-state index contributed by atoms with van der Waals surface area (Å²) in [6.45, 7) is 6.54. The van der Waals surface area contributed by atoms with E-state index in [1.165, 1.54) is 4.90 Å². The normalized spacial score (nSPS) is 16.3. The van der Waals surface area contributed by atoms with Crippen LogP contribution < -0.4 is 14.4 Å². The number of anilines is 1. The Morgan fingerprint density at radius 1 is 0.825 bits per heavy atom. The largest absolute Gasteiger partial charge is 0.507 e. The van der Waals surface area contributed by atoms with Gasteiger partial charge < -0.3 is 14.6 Å². The minimum absolute atomic E-state index is 0.0271. The van der Waals surface area contributed by atoms with E-state index in [1.807, 2.05) is 99.6 Å². The van der Waals surface area contributed by atoms with Crippen molar-refractivity contribution in [2.24, 2.45) is 0 Å². The summed E-state index contributed by atoms with van der Waals surface area (Å²) >= 11 is 0. The molecule has 6 heteroatoms. The summed E-state index contributed by atoms with van der Waals surface area (Å²) < 4.78 is 11.7. The highest BCUT2D eigenvalue weighted by molar-refractivity contribution is 6.51. The maximum Gasteiger partial charge on any atom is 0.300 e. The molecule has 40 heavy (non-hydrogen) atoms. The summed E-state index contributed by atoms with van der Waals surface area (Å²) in [5, 5.41) is 11.6. The van der Waals surface area contributed by atoms with Gasteiger partial charge in [-0.05, 0) is 79.4 Å². The van der Waals surface area contributed by atoms with Crippen molar-refractivity contribution in [3.8, 4) is 11.5 Å². The van der Waals surface area contributed by atoms with Gasteiger partial charge in [0.1, 0.15) is 23.9 Å². The fraction of sp³-hybridized carbons (Fsp3) is 0.176. The van der Waals surface area contributed by atoms with Gasteiger partial charge in [0.15, 0.2) is 0 Å². The molecule has 1 aliphatic heterocycles. The molecule has 0 bridgehead atoms. The predicted molar refractivity (Wildman–Crippen MR) is 156 cm³/mol. The fourth-order valence-corrected chi connectivity index (χ4v) is 5.02. The fourth-order valence-electron chi connectivity index (χ4n) is 5.02. The number of aryl methyl sites for hydroxylation is 2. The minimum atomic E-state index is -0.837. The molecule has 1 amide bonds. The Balaban J connectivity index is 1.58. The van der Waals surface area contributed by atoms with Crippen molar-refractivity contribution in [2.45, 2.75) is 33.4 Å². The van der Waals surface area contributed by atoms with Crippen LogP contribution in [0.2, 0.25) is 0 Å². The van der Waals surface area contributed by atoms with Crippen LogP contribution in [0.5, 0.6) is 11.5 Å². The second-order valence-electron chi connectivity index (χ2n) is 9.72. The molecule has 0 saturated carbocycles. The molecule has 0 aliphatic carbocycles. The SMILES string of the molecule is CCOc1cccc(C2/C(=C(\O)c3ccc(OCc4ccccc4)c(C)c3)C(=O)C(=O)N2c2ccccc2C)c1. The maximum atomic E-state index is 13.6. The molecular weight excluding hydrogens is 502 g/mol. The van der Waals surface area contributed by atoms with E-state index < -0.39 is 17.7 Å². The zero-order valence-electron chi connectivity index (χ0n) is 22.8. The van der Waals surface area contributed by atoms with Gasteiger partial charge in [-0.3, -0.25) is 14.5 Å². The van der Waals surface area contributed by atoms with Crippen molar-refractivity contribution >= 4 is 23.1 Å². The first-order chi connectivity index (χ1) is 19.4. The van der Waals surface area contributed by atoms with Gasteiger partial charge in [0, 0.05) is 11.3 Å². The van der Waals surface area contributed by atoms with Gasteiger partial charge in [-0.15, -0.1) is 0 Å². The second-order valence-corrected chi connectivity index (χ2v) is 9.72. The average Bonchev–Trinajstić information content (AvgIpc) is 3.23. The van der Waals surface area contributed by atoms with Crippen molar-refractivity contribution in [1.82, 2.24) is 0 Å². The minimum Gasteiger partial charge on any atom is -0.507 e. The number of Topliss-reactive ketones (excluding diaryl/α,β-unsaturated/α-hetero) is 1. The lowest BCUT2D eigenvalue weighted by molar-refractivity contribution is -0.132. The average molecular weight is 534 g/mol. The number of para-hydroxylation sites is 1. The van der Waals surface area contributed by atoms with Gasteiger partial charge in [0.25, 0.3) is 11.7 Å². The number of aliphatic hydroxyl groups is 1. The van der Waals surface area contributed by atoms with Crippen LogP contribution in [0.1, 0.15) is 40.8 Å². The molecule has 0 radical (unpaired) electrons. The molecule has 1 heterocycles. The maximum absolute atomic E-state index is 13.6. The van der Waals surface area contributed by atoms with Gasteiger partial charge >= 0.3 is 0 Å². The van der Waals surface area contributed by atoms with Crippen LogP contribution in [-0.4, -0.2) is 23.4 Å². The van der Waals surface area contributed by atoms with E-state index in [0.717, 1.165) is 16.7 Å². The third-order valence-corrected chi connectivity index (χ3v) is 6.99. The summed E-state index contributed by atoms with van der Waals surface area (Å²) in [7, 11) is 0. The molecule has 1 aliphatic rings. The van der Waals surface area contributed by atoms with Gasteiger partial charge in [-0.25, -0.2) is 0 Å². The monoisotopic (exact) mass is 533 g/mol. The van der Waals surface area contributed by atoms with Crippen molar-refractivity contribution in [1.29, 1.82) is 0 Å². The number of hydrogen-bond acceptors (Lipinski definition) is 5. The van der Waals surface area contributed by atoms with E-state index in [2.05, 4.69) is 0 Å². The number of ketones is 1. The van der Waals surface area contributed by atoms with Crippen LogP contribution in [0.4, 0.5) is 5.69 Å². The summed E-state index contributed by atoms with van der Waals surface area (Å²) in [6, 6.07) is 29.0. The lowest BCUT2D eigenvalue weighted by Crippen LogP contribution is -2.30. The highest BCUT2D eigenvalue weighted by Crippen LogP contribution is 2.44. The third-order valence-electron chi connectivity index (χ3n) is 6.99. The lowest BCUT2D eigenvalue weighted by atomic mass is 9.94. The Kier molecular flexibility index (Phi) is 7.69. The molecular formula is C34H31NO5. The number of carbonyl (C=O) groups excluding carboxylic acids is 2. The van der Waals surface area contributed by atoms with E-state index in [4.69, 9.17) is 9.47 Å². The highest BCUT2D eigenvalue weighted by atomic mass is 16.5. The molecule has 5 rings (SSSR count). The first-order valence-corrected chi connectivity index (χ1v) is 13.3. The molecule has 4 aromatic carbocycles. The Bertz CT molecular complexity index is 1590. The van der Waals surface area contributed by atoms with Crippen LogP contribution in [-0.2, 0) is 16.2 Å². The van der Waals surface area contributed by atoms with Gasteiger partial charge in [0.05, 0.1) is 18.2 Å². The third kappa shape index (κ3) is 5.21. The van der Waals surface area contributed by atoms with Crippen LogP contribution >= 0.6 is 0 Å². The van der Waals surface area contributed by atoms with Gasteiger partial charge in [-0.1, -0.05) is 60.7 Å². The number of benzene rings is 4. The van der Waals surface area contributed by atoms with Crippen molar-refractivity contribution in [2.75, 3.05) is 11.5 Å². The Labute approximate surface area is 234 Å². The Morgan fingerprint density at radius 2 is 1.57 bits per heavy atom. The summed E-state index contributed by atoms with van der Waals surface area (Å²) in [5.41, 5.74) is 4.40. The van der Waals surface area contributed by atoms with Crippen molar-refractivity contribution in [3.05, 3.63) is 130 Å². The summed E-state index contributed by atoms with van der Waals surface area (Å²) in [6.07, 6.45) is 0. The molecule has 1 N–H and O–H groups in total. The number of amides is 1. The van der Waals surface area contributed by atoms with Crippen LogP contribution in [0.3, 0.4) is 0 Å². The topological polar surface area (TPSA) is 76.1 Å². The van der Waals surface area contributed by atoms with Crippen LogP contribution in [0, 0.1) is 13.8 Å². The Hall–Kier alpha value is -4.84. The Morgan fingerprint density at radius 3 is 2.30 bits per heavy atom. The van der Waals surface area contributed by atoms with Gasteiger partial charge in [0.2, 0.25) is 0 Å². The smallest absolute Gasteiger partial charge is 0.300 e. The molecule has 1 unspecified atom stereocenters.